The topological polar surface area (TPSA) is 103 Å². The molecule has 0 unspecified atom stereocenters. The van der Waals surface area contributed by atoms with Crippen LogP contribution in [-0.2, 0) is 0 Å². The number of anilines is 3. The number of nitrogens with zero attached hydrogens (tertiary/aromatic N) is 3. The number of H-pyrrole nitrogens is 2. The zero-order valence-corrected chi connectivity index (χ0v) is 16.4. The number of aromatic amines is 2. The average Bonchev–Trinajstić information content (AvgIpc) is 3.36. The summed E-state index contributed by atoms with van der Waals surface area (Å²) in [6.07, 6.45) is 5.70. The highest BCUT2D eigenvalue weighted by molar-refractivity contribution is 5.71. The molecule has 4 aromatic rings. The normalized spacial score (nSPS) is 14.3. The van der Waals surface area contributed by atoms with E-state index in [9.17, 15) is 13.6 Å². The Morgan fingerprint density at radius 3 is 2.65 bits per heavy atom. The molecule has 1 aliphatic rings. The Bertz CT molecular complexity index is 1430. The van der Waals surface area contributed by atoms with Crippen LogP contribution in [0.3, 0.4) is 0 Å². The Morgan fingerprint density at radius 1 is 1.19 bits per heavy atom. The van der Waals surface area contributed by atoms with Crippen molar-refractivity contribution in [3.8, 4) is 0 Å². The largest absolute Gasteiger partial charge is 0.370 e. The first kappa shape index (κ1) is 19.0. The Labute approximate surface area is 174 Å². The first-order valence-electron chi connectivity index (χ1n) is 9.79. The number of hydrogen-bond donors (Lipinski definition) is 4. The lowest BCUT2D eigenvalue weighted by Gasteiger charge is -2.12. The molecule has 0 aliphatic heterocycles. The number of halogens is 2. The number of fused-ring (bicyclic) bond motifs is 1. The second kappa shape index (κ2) is 7.38. The maximum absolute atomic E-state index is 13.6. The Morgan fingerprint density at radius 2 is 1.97 bits per heavy atom. The van der Waals surface area contributed by atoms with E-state index in [1.807, 2.05) is 0 Å². The van der Waals surface area contributed by atoms with E-state index in [2.05, 4.69) is 37.3 Å². The quantitative estimate of drug-likeness (QED) is 0.379. The van der Waals surface area contributed by atoms with Crippen molar-refractivity contribution in [1.29, 1.82) is 0 Å². The number of benzene rings is 1. The van der Waals surface area contributed by atoms with Crippen molar-refractivity contribution in [2.45, 2.75) is 12.8 Å². The third-order valence-electron chi connectivity index (χ3n) is 5.04. The third-order valence-corrected chi connectivity index (χ3v) is 5.04. The van der Waals surface area contributed by atoms with Gasteiger partial charge in [-0.15, -0.1) is 0 Å². The summed E-state index contributed by atoms with van der Waals surface area (Å²) < 4.78 is 28.9. The van der Waals surface area contributed by atoms with Gasteiger partial charge in [-0.25, -0.2) is 18.6 Å². The molecule has 3 heterocycles. The molecule has 0 atom stereocenters. The first-order chi connectivity index (χ1) is 14.9. The molecule has 0 radical (unpaired) electrons. The van der Waals surface area contributed by atoms with Crippen molar-refractivity contribution in [3.63, 3.8) is 0 Å². The summed E-state index contributed by atoms with van der Waals surface area (Å²) in [5.41, 5.74) is 1.02. The average molecular weight is 423 g/mol. The van der Waals surface area contributed by atoms with Gasteiger partial charge in [0.05, 0.1) is 16.9 Å². The van der Waals surface area contributed by atoms with Crippen LogP contribution in [0.25, 0.3) is 18.3 Å². The highest BCUT2D eigenvalue weighted by Gasteiger charge is 2.21. The molecule has 5 rings (SSSR count). The lowest BCUT2D eigenvalue weighted by atomic mass is 10.3. The van der Waals surface area contributed by atoms with Crippen molar-refractivity contribution >= 4 is 35.6 Å². The maximum Gasteiger partial charge on any atom is 0.323 e. The summed E-state index contributed by atoms with van der Waals surface area (Å²) in [6.45, 7) is 4.60. The first-order valence-corrected chi connectivity index (χ1v) is 9.79. The van der Waals surface area contributed by atoms with E-state index in [1.54, 1.807) is 22.9 Å². The zero-order chi connectivity index (χ0) is 21.5. The fourth-order valence-electron chi connectivity index (χ4n) is 3.33. The Hall–Kier alpha value is -3.95. The number of nitrogens with one attached hydrogen (secondary N) is 4. The molecule has 0 saturated heterocycles. The van der Waals surface area contributed by atoms with Gasteiger partial charge in [0.15, 0.2) is 5.65 Å². The zero-order valence-electron chi connectivity index (χ0n) is 16.4. The Balaban J connectivity index is 1.61. The van der Waals surface area contributed by atoms with Crippen LogP contribution in [0, 0.1) is 17.6 Å². The van der Waals surface area contributed by atoms with Crippen LogP contribution in [0.1, 0.15) is 18.4 Å². The summed E-state index contributed by atoms with van der Waals surface area (Å²) >= 11 is 0. The van der Waals surface area contributed by atoms with Gasteiger partial charge >= 0.3 is 5.69 Å². The molecule has 158 valence electrons. The predicted octanol–water partition coefficient (Wildman–Crippen LogP) is 1.83. The van der Waals surface area contributed by atoms with Crippen molar-refractivity contribution in [3.05, 3.63) is 68.8 Å². The lowest BCUT2D eigenvalue weighted by molar-refractivity contribution is 0.584. The van der Waals surface area contributed by atoms with Gasteiger partial charge in [-0.1, -0.05) is 6.58 Å². The molecule has 0 amide bonds. The smallest absolute Gasteiger partial charge is 0.323 e. The van der Waals surface area contributed by atoms with Crippen LogP contribution in [-0.4, -0.2) is 31.1 Å². The van der Waals surface area contributed by atoms with E-state index in [-0.39, 0.29) is 11.4 Å². The van der Waals surface area contributed by atoms with Crippen LogP contribution in [0.5, 0.6) is 0 Å². The van der Waals surface area contributed by atoms with Gasteiger partial charge < -0.3 is 20.6 Å². The second-order valence-corrected chi connectivity index (χ2v) is 7.59. The standard InChI is InChI=1S/C21H19F2N7O/c1-11-17(28-21(31)26-11)4-13-10-25-30-19(24-9-12-2-3-12)8-18(29-20(13)30)27-16-6-14(22)5-15(23)7-16/h4-8,10,12,24H,1-3,9H2,(H,27,29)(H2,26,28,31)/b17-4-. The molecule has 4 N–H and O–H groups in total. The van der Waals surface area contributed by atoms with Gasteiger partial charge in [0, 0.05) is 29.9 Å². The van der Waals surface area contributed by atoms with Crippen LogP contribution < -0.4 is 27.0 Å². The molecular weight excluding hydrogens is 404 g/mol. The molecule has 31 heavy (non-hydrogen) atoms. The fraction of sp³-hybridized carbons (Fsp3) is 0.190. The van der Waals surface area contributed by atoms with Gasteiger partial charge in [0.1, 0.15) is 23.3 Å². The molecule has 10 heteroatoms. The fourth-order valence-corrected chi connectivity index (χ4v) is 3.33. The summed E-state index contributed by atoms with van der Waals surface area (Å²) in [7, 11) is 0. The number of hydrogen-bond acceptors (Lipinski definition) is 5. The minimum absolute atomic E-state index is 0.238. The molecule has 3 aromatic heterocycles. The summed E-state index contributed by atoms with van der Waals surface area (Å²) in [6, 6.07) is 4.92. The highest BCUT2D eigenvalue weighted by atomic mass is 19.1. The molecular formula is C21H19F2N7O. The lowest BCUT2D eigenvalue weighted by Crippen LogP contribution is -2.22. The van der Waals surface area contributed by atoms with E-state index in [0.29, 0.717) is 39.5 Å². The highest BCUT2D eigenvalue weighted by Crippen LogP contribution is 2.30. The SMILES string of the molecule is C=c1[nH]c(=O)[nH]/c1=C\c1cnn2c(NCC3CC3)cc(Nc3cc(F)cc(F)c3)nc12. The molecule has 1 aromatic carbocycles. The van der Waals surface area contributed by atoms with Gasteiger partial charge in [0.2, 0.25) is 0 Å². The third kappa shape index (κ3) is 4.04. The minimum atomic E-state index is -0.687. The van der Waals surface area contributed by atoms with E-state index < -0.39 is 11.6 Å². The number of rotatable bonds is 6. The van der Waals surface area contributed by atoms with Gasteiger partial charge in [-0.3, -0.25) is 0 Å². The van der Waals surface area contributed by atoms with Crippen LogP contribution in [0.4, 0.5) is 26.1 Å². The van der Waals surface area contributed by atoms with Crippen molar-refractivity contribution in [2.75, 3.05) is 17.2 Å². The van der Waals surface area contributed by atoms with E-state index in [4.69, 9.17) is 0 Å². The van der Waals surface area contributed by atoms with Crippen LogP contribution in [0.15, 0.2) is 35.3 Å². The van der Waals surface area contributed by atoms with Gasteiger partial charge in [-0.05, 0) is 37.0 Å². The van der Waals surface area contributed by atoms with Gasteiger partial charge in [-0.2, -0.15) is 9.61 Å². The van der Waals surface area contributed by atoms with E-state index >= 15 is 0 Å². The van der Waals surface area contributed by atoms with E-state index in [0.717, 1.165) is 12.6 Å². The predicted molar refractivity (Wildman–Crippen MR) is 114 cm³/mol. The van der Waals surface area contributed by atoms with Crippen LogP contribution in [0.2, 0.25) is 0 Å². The minimum Gasteiger partial charge on any atom is -0.370 e. The summed E-state index contributed by atoms with van der Waals surface area (Å²) in [5.74, 6) is 0.329. The van der Waals surface area contributed by atoms with Crippen molar-refractivity contribution < 1.29 is 8.78 Å². The summed E-state index contributed by atoms with van der Waals surface area (Å²) in [5, 5.41) is 11.7. The second-order valence-electron chi connectivity index (χ2n) is 7.59. The molecule has 0 bridgehead atoms. The molecule has 1 fully saturated rings. The maximum atomic E-state index is 13.6. The van der Waals surface area contributed by atoms with Crippen LogP contribution >= 0.6 is 0 Å². The van der Waals surface area contributed by atoms with E-state index in [1.165, 1.54) is 25.0 Å². The number of imidazole rings is 1. The monoisotopic (exact) mass is 423 g/mol. The summed E-state index contributed by atoms with van der Waals surface area (Å²) in [4.78, 5) is 21.4. The molecule has 0 spiro atoms. The van der Waals surface area contributed by atoms with Crippen molar-refractivity contribution in [1.82, 2.24) is 24.6 Å². The molecule has 1 aliphatic carbocycles. The Kier molecular flexibility index (Phi) is 4.54. The molecule has 1 saturated carbocycles. The van der Waals surface area contributed by atoms with Crippen molar-refractivity contribution in [2.24, 2.45) is 5.92 Å². The molecule has 8 nitrogen and oxygen atoms in total. The van der Waals surface area contributed by atoms with Gasteiger partial charge in [0.25, 0.3) is 0 Å². The number of aromatic nitrogens is 5.